The third-order valence-electron chi connectivity index (χ3n) is 5.16. The molecule has 2 N–H and O–H groups in total. The predicted octanol–water partition coefficient (Wildman–Crippen LogP) is 1.05. The number of imidazole rings is 2. The number of hydrogen-bond donors (Lipinski definition) is 1. The van der Waals surface area contributed by atoms with Crippen LogP contribution in [0, 0.1) is 0 Å². The van der Waals surface area contributed by atoms with E-state index in [4.69, 9.17) is 5.14 Å². The minimum absolute atomic E-state index is 0.0122. The minimum Gasteiger partial charge on any atom is -0.279 e. The molecule has 0 unspecified atom stereocenters. The predicted molar refractivity (Wildman–Crippen MR) is 117 cm³/mol. The lowest BCUT2D eigenvalue weighted by molar-refractivity contribution is 0.598. The van der Waals surface area contributed by atoms with Gasteiger partial charge in [0, 0.05) is 26.0 Å². The minimum atomic E-state index is -3.84. The number of aryl methyl sites for hydroxylation is 1. The van der Waals surface area contributed by atoms with Crippen molar-refractivity contribution in [3.63, 3.8) is 0 Å². The van der Waals surface area contributed by atoms with Crippen molar-refractivity contribution < 1.29 is 8.42 Å². The number of nitrogens with zero attached hydrogens (tertiary/aromatic N) is 5. The first kappa shape index (κ1) is 19.5. The van der Waals surface area contributed by atoms with Crippen LogP contribution in [0.2, 0.25) is 0 Å². The molecule has 4 aromatic heterocycles. The molecule has 5 rings (SSSR count). The van der Waals surface area contributed by atoms with Crippen LogP contribution in [0.3, 0.4) is 0 Å². The molecule has 0 amide bonds. The van der Waals surface area contributed by atoms with Gasteiger partial charge in [-0.1, -0.05) is 6.07 Å². The molecule has 4 heterocycles. The summed E-state index contributed by atoms with van der Waals surface area (Å²) in [6.45, 7) is 0. The highest BCUT2D eigenvalue weighted by atomic mass is 32.2. The Balaban J connectivity index is 1.91. The van der Waals surface area contributed by atoms with Gasteiger partial charge in [0.1, 0.15) is 0 Å². The van der Waals surface area contributed by atoms with Gasteiger partial charge in [0.05, 0.1) is 15.5 Å². The number of primary sulfonamides is 1. The molecule has 5 aromatic rings. The summed E-state index contributed by atoms with van der Waals surface area (Å²) in [6.07, 6.45) is 1.79. The third-order valence-corrected chi connectivity index (χ3v) is 6.98. The summed E-state index contributed by atoms with van der Waals surface area (Å²) in [4.78, 5) is 30.7. The summed E-state index contributed by atoms with van der Waals surface area (Å²) < 4.78 is 29.1. The maximum absolute atomic E-state index is 12.9. The van der Waals surface area contributed by atoms with Gasteiger partial charge < -0.3 is 0 Å². The first-order chi connectivity index (χ1) is 14.7. The molecule has 0 fully saturated rings. The summed E-state index contributed by atoms with van der Waals surface area (Å²) in [5.41, 5.74) is 1.00. The molecule has 0 radical (unpaired) electrons. The van der Waals surface area contributed by atoms with E-state index in [2.05, 4.69) is 4.98 Å². The van der Waals surface area contributed by atoms with Gasteiger partial charge in [0.15, 0.2) is 11.2 Å². The third kappa shape index (κ3) is 2.80. The topological polar surface area (TPSA) is 126 Å². The van der Waals surface area contributed by atoms with Gasteiger partial charge in [-0.15, -0.1) is 11.3 Å². The van der Waals surface area contributed by atoms with Crippen LogP contribution >= 0.6 is 11.3 Å². The monoisotopic (exact) mass is 456 g/mol. The quantitative estimate of drug-likeness (QED) is 0.434. The second kappa shape index (κ2) is 6.51. The van der Waals surface area contributed by atoms with Gasteiger partial charge in [-0.05, 0) is 35.7 Å². The fourth-order valence-electron chi connectivity index (χ4n) is 3.61. The average Bonchev–Trinajstić information content (AvgIpc) is 3.45. The smallest absolute Gasteiger partial charge is 0.279 e. The maximum atomic E-state index is 12.9. The highest BCUT2D eigenvalue weighted by molar-refractivity contribution is 7.89. The van der Waals surface area contributed by atoms with E-state index in [0.29, 0.717) is 11.5 Å². The lowest BCUT2D eigenvalue weighted by Crippen LogP contribution is -2.37. The molecular formula is C19H16N6O4S2. The zero-order chi connectivity index (χ0) is 22.1. The van der Waals surface area contributed by atoms with E-state index >= 15 is 0 Å². The van der Waals surface area contributed by atoms with E-state index in [1.54, 1.807) is 29.8 Å². The molecule has 31 heavy (non-hydrogen) atoms. The molecule has 158 valence electrons. The van der Waals surface area contributed by atoms with Crippen molar-refractivity contribution in [2.24, 2.45) is 19.2 Å². The summed E-state index contributed by atoms with van der Waals surface area (Å²) in [5.74, 6) is 0.417. The average molecular weight is 457 g/mol. The van der Waals surface area contributed by atoms with Crippen molar-refractivity contribution in [2.45, 2.75) is 4.90 Å². The zero-order valence-electron chi connectivity index (χ0n) is 16.4. The zero-order valence-corrected chi connectivity index (χ0v) is 18.0. The molecule has 0 atom stereocenters. The Morgan fingerprint density at radius 3 is 2.35 bits per heavy atom. The molecule has 0 bridgehead atoms. The van der Waals surface area contributed by atoms with E-state index in [9.17, 15) is 18.0 Å². The standard InChI is InChI=1S/C19H16N6O4S2/c1-22-16-15(17(26)23(2)19(22)27)24-10-13(14-4-3-9-30-14)25(18(24)21-16)11-5-7-12(8-6-11)31(20,28)29/h3-10H,1-2H3,(H2,20,28,29). The summed E-state index contributed by atoms with van der Waals surface area (Å²) >= 11 is 1.51. The lowest BCUT2D eigenvalue weighted by Gasteiger charge is -2.08. The fourth-order valence-corrected chi connectivity index (χ4v) is 4.85. The van der Waals surface area contributed by atoms with Crippen molar-refractivity contribution in [2.75, 3.05) is 0 Å². The Bertz CT molecular complexity index is 1700. The van der Waals surface area contributed by atoms with Gasteiger partial charge in [0.2, 0.25) is 15.8 Å². The van der Waals surface area contributed by atoms with E-state index in [0.717, 1.165) is 15.1 Å². The van der Waals surface area contributed by atoms with Crippen LogP contribution in [-0.4, -0.2) is 31.5 Å². The summed E-state index contributed by atoms with van der Waals surface area (Å²) in [7, 11) is -0.855. The Hall–Kier alpha value is -3.48. The lowest BCUT2D eigenvalue weighted by atomic mass is 10.3. The van der Waals surface area contributed by atoms with Crippen molar-refractivity contribution in [1.82, 2.24) is 23.1 Å². The molecular weight excluding hydrogens is 440 g/mol. The Morgan fingerprint density at radius 1 is 1.03 bits per heavy atom. The SMILES string of the molecule is Cn1c(=O)c2c(nc3n(-c4ccc(S(N)(=O)=O)cc4)c(-c4cccs4)cn23)n(C)c1=O. The van der Waals surface area contributed by atoms with Crippen LogP contribution < -0.4 is 16.4 Å². The van der Waals surface area contributed by atoms with Gasteiger partial charge >= 0.3 is 5.69 Å². The summed E-state index contributed by atoms with van der Waals surface area (Å²) in [5, 5.41) is 7.15. The van der Waals surface area contributed by atoms with Crippen molar-refractivity contribution >= 4 is 38.3 Å². The Morgan fingerprint density at radius 2 is 1.74 bits per heavy atom. The molecule has 0 saturated carbocycles. The van der Waals surface area contributed by atoms with Crippen molar-refractivity contribution in [3.05, 3.63) is 68.8 Å². The molecule has 1 aromatic carbocycles. The van der Waals surface area contributed by atoms with E-state index < -0.39 is 21.3 Å². The van der Waals surface area contributed by atoms with Gasteiger partial charge in [-0.25, -0.2) is 18.4 Å². The number of sulfonamides is 1. The number of rotatable bonds is 3. The van der Waals surface area contributed by atoms with Crippen molar-refractivity contribution in [1.29, 1.82) is 0 Å². The first-order valence-electron chi connectivity index (χ1n) is 9.05. The second-order valence-electron chi connectivity index (χ2n) is 7.03. The Labute approximate surface area is 179 Å². The molecule has 0 spiro atoms. The number of nitrogens with two attached hydrogens (primary N) is 1. The molecule has 10 nitrogen and oxygen atoms in total. The second-order valence-corrected chi connectivity index (χ2v) is 9.53. The van der Waals surface area contributed by atoms with Crippen LogP contribution in [0.1, 0.15) is 0 Å². The van der Waals surface area contributed by atoms with Crippen LogP contribution in [0.5, 0.6) is 0 Å². The number of thiophene rings is 1. The van der Waals surface area contributed by atoms with E-state index in [-0.39, 0.29) is 16.1 Å². The van der Waals surface area contributed by atoms with Crippen LogP contribution in [0.4, 0.5) is 0 Å². The molecule has 0 aliphatic carbocycles. The Kier molecular flexibility index (Phi) is 4.09. The van der Waals surface area contributed by atoms with E-state index in [1.165, 1.54) is 35.1 Å². The molecule has 0 aliphatic rings. The number of fused-ring (bicyclic) bond motifs is 3. The largest absolute Gasteiger partial charge is 0.332 e. The highest BCUT2D eigenvalue weighted by Crippen LogP contribution is 2.31. The van der Waals surface area contributed by atoms with Crippen molar-refractivity contribution in [3.8, 4) is 16.3 Å². The van der Waals surface area contributed by atoms with Gasteiger partial charge in [-0.3, -0.25) is 22.9 Å². The highest BCUT2D eigenvalue weighted by Gasteiger charge is 2.22. The van der Waals surface area contributed by atoms with Crippen LogP contribution in [0.15, 0.2) is 62.5 Å². The summed E-state index contributed by atoms with van der Waals surface area (Å²) in [6, 6.07) is 9.91. The van der Waals surface area contributed by atoms with Gasteiger partial charge in [-0.2, -0.15) is 4.98 Å². The number of hydrogen-bond acceptors (Lipinski definition) is 6. The molecule has 0 saturated heterocycles. The molecule has 12 heteroatoms. The number of benzene rings is 1. The normalized spacial score (nSPS) is 12.2. The number of aromatic nitrogens is 5. The van der Waals surface area contributed by atoms with Gasteiger partial charge in [0.25, 0.3) is 5.56 Å². The maximum Gasteiger partial charge on any atom is 0.332 e. The van der Waals surface area contributed by atoms with Crippen LogP contribution in [0.25, 0.3) is 33.2 Å². The first-order valence-corrected chi connectivity index (χ1v) is 11.5. The molecule has 0 aliphatic heterocycles. The fraction of sp³-hybridized carbons (Fsp3) is 0.105. The van der Waals surface area contributed by atoms with Crippen LogP contribution in [-0.2, 0) is 24.1 Å². The van der Waals surface area contributed by atoms with E-state index in [1.807, 2.05) is 22.1 Å².